The van der Waals surface area contributed by atoms with Gasteiger partial charge in [-0.1, -0.05) is 13.0 Å². The topological polar surface area (TPSA) is 72.2 Å². The Morgan fingerprint density at radius 3 is 2.93 bits per heavy atom. The van der Waals surface area contributed by atoms with Gasteiger partial charge in [0, 0.05) is 24.2 Å². The lowest BCUT2D eigenvalue weighted by Gasteiger charge is -2.22. The molecule has 0 unspecified atom stereocenters. The molecule has 2 rings (SSSR count). The third kappa shape index (κ3) is 1.56. The molecule has 0 aliphatic carbocycles. The minimum Gasteiger partial charge on any atom is -0.351 e. The first-order chi connectivity index (χ1) is 7.09. The van der Waals surface area contributed by atoms with Crippen LogP contribution >= 0.6 is 0 Å². The second-order valence-electron chi connectivity index (χ2n) is 3.64. The number of carbonyl (C=O) groups is 1. The highest BCUT2D eigenvalue weighted by Crippen LogP contribution is 2.26. The largest absolute Gasteiger partial charge is 0.351 e. The zero-order chi connectivity index (χ0) is 11.0. The standard InChI is InChI=1S/C10H10N2O3/c1-6-5-11-10(13)9-4-7(12(14)15)2-3-8(6)9/h2-4,6H,5H2,1H3,(H,11,13)/t6-/m1/s1. The summed E-state index contributed by atoms with van der Waals surface area (Å²) in [5.41, 5.74) is 1.25. The molecule has 1 N–H and O–H groups in total. The Kier molecular flexibility index (Phi) is 2.15. The number of nitrogens with zero attached hydrogens (tertiary/aromatic N) is 1. The van der Waals surface area contributed by atoms with E-state index in [1.54, 1.807) is 6.07 Å². The number of nitro benzene ring substituents is 1. The van der Waals surface area contributed by atoms with E-state index in [2.05, 4.69) is 5.32 Å². The number of hydrogen-bond donors (Lipinski definition) is 1. The minimum absolute atomic E-state index is 0.0435. The second kappa shape index (κ2) is 3.34. The molecule has 0 saturated carbocycles. The number of hydrogen-bond acceptors (Lipinski definition) is 3. The summed E-state index contributed by atoms with van der Waals surface area (Å²) in [6, 6.07) is 4.44. The molecular formula is C10H10N2O3. The van der Waals surface area contributed by atoms with Crippen molar-refractivity contribution >= 4 is 11.6 Å². The molecule has 1 heterocycles. The SMILES string of the molecule is C[C@@H]1CNC(=O)c2cc([N+](=O)[O-])ccc21. The van der Waals surface area contributed by atoms with Crippen LogP contribution in [0.5, 0.6) is 0 Å². The Bertz CT molecular complexity index is 442. The summed E-state index contributed by atoms with van der Waals surface area (Å²) < 4.78 is 0. The molecule has 0 saturated heterocycles. The molecule has 0 aromatic heterocycles. The summed E-state index contributed by atoms with van der Waals surface area (Å²) in [5.74, 6) is -0.0229. The van der Waals surface area contributed by atoms with E-state index < -0.39 is 4.92 Å². The molecule has 78 valence electrons. The highest BCUT2D eigenvalue weighted by Gasteiger charge is 2.24. The van der Waals surface area contributed by atoms with Crippen molar-refractivity contribution in [3.63, 3.8) is 0 Å². The van der Waals surface area contributed by atoms with Crippen LogP contribution in [0.2, 0.25) is 0 Å². The van der Waals surface area contributed by atoms with Gasteiger partial charge in [0.15, 0.2) is 0 Å². The number of amides is 1. The van der Waals surface area contributed by atoms with Gasteiger partial charge in [0.05, 0.1) is 4.92 Å². The first-order valence-corrected chi connectivity index (χ1v) is 4.66. The van der Waals surface area contributed by atoms with E-state index in [9.17, 15) is 14.9 Å². The van der Waals surface area contributed by atoms with Crippen molar-refractivity contribution < 1.29 is 9.72 Å². The van der Waals surface area contributed by atoms with Gasteiger partial charge in [0.2, 0.25) is 0 Å². The lowest BCUT2D eigenvalue weighted by molar-refractivity contribution is -0.384. The van der Waals surface area contributed by atoms with Crippen LogP contribution in [0.25, 0.3) is 0 Å². The highest BCUT2D eigenvalue weighted by molar-refractivity contribution is 5.97. The smallest absolute Gasteiger partial charge is 0.270 e. The number of nitrogens with one attached hydrogen (secondary N) is 1. The van der Waals surface area contributed by atoms with E-state index in [0.717, 1.165) is 5.56 Å². The molecule has 0 radical (unpaired) electrons. The molecule has 15 heavy (non-hydrogen) atoms. The molecular weight excluding hydrogens is 196 g/mol. The van der Waals surface area contributed by atoms with E-state index >= 15 is 0 Å². The summed E-state index contributed by atoms with van der Waals surface area (Å²) >= 11 is 0. The average molecular weight is 206 g/mol. The van der Waals surface area contributed by atoms with Crippen molar-refractivity contribution in [1.82, 2.24) is 5.32 Å². The lowest BCUT2D eigenvalue weighted by Crippen LogP contribution is -2.33. The number of benzene rings is 1. The van der Waals surface area contributed by atoms with Gasteiger partial charge in [-0.15, -0.1) is 0 Å². The molecule has 1 aliphatic heterocycles. The first-order valence-electron chi connectivity index (χ1n) is 4.66. The van der Waals surface area contributed by atoms with Crippen LogP contribution in [-0.2, 0) is 0 Å². The molecule has 1 aromatic rings. The number of nitro groups is 1. The van der Waals surface area contributed by atoms with Crippen LogP contribution in [0.15, 0.2) is 18.2 Å². The van der Waals surface area contributed by atoms with Crippen molar-refractivity contribution in [2.75, 3.05) is 6.54 Å². The number of non-ortho nitro benzene ring substituents is 1. The average Bonchev–Trinajstić information content (AvgIpc) is 2.23. The maximum absolute atomic E-state index is 11.5. The fourth-order valence-electron chi connectivity index (χ4n) is 1.74. The predicted molar refractivity (Wildman–Crippen MR) is 53.8 cm³/mol. The van der Waals surface area contributed by atoms with Gasteiger partial charge in [-0.05, 0) is 11.5 Å². The van der Waals surface area contributed by atoms with Gasteiger partial charge < -0.3 is 5.32 Å². The Balaban J connectivity index is 2.54. The van der Waals surface area contributed by atoms with Crippen LogP contribution in [0, 0.1) is 10.1 Å². The second-order valence-corrected chi connectivity index (χ2v) is 3.64. The van der Waals surface area contributed by atoms with E-state index in [-0.39, 0.29) is 17.5 Å². The van der Waals surface area contributed by atoms with Crippen molar-refractivity contribution in [1.29, 1.82) is 0 Å². The van der Waals surface area contributed by atoms with E-state index in [1.807, 2.05) is 6.92 Å². The van der Waals surface area contributed by atoms with E-state index in [1.165, 1.54) is 12.1 Å². The Morgan fingerprint density at radius 2 is 2.27 bits per heavy atom. The minimum atomic E-state index is -0.493. The highest BCUT2D eigenvalue weighted by atomic mass is 16.6. The van der Waals surface area contributed by atoms with Crippen LogP contribution in [0.1, 0.15) is 28.8 Å². The van der Waals surface area contributed by atoms with Crippen molar-refractivity contribution in [3.05, 3.63) is 39.4 Å². The number of rotatable bonds is 1. The van der Waals surface area contributed by atoms with Crippen LogP contribution in [0.3, 0.4) is 0 Å². The van der Waals surface area contributed by atoms with E-state index in [4.69, 9.17) is 0 Å². The zero-order valence-corrected chi connectivity index (χ0v) is 8.19. The third-order valence-electron chi connectivity index (χ3n) is 2.59. The maximum atomic E-state index is 11.5. The van der Waals surface area contributed by atoms with Gasteiger partial charge in [-0.3, -0.25) is 14.9 Å². The molecule has 1 aromatic carbocycles. The maximum Gasteiger partial charge on any atom is 0.270 e. The van der Waals surface area contributed by atoms with Crippen molar-refractivity contribution in [2.24, 2.45) is 0 Å². The predicted octanol–water partition coefficient (Wildman–Crippen LogP) is 1.44. The molecule has 1 amide bonds. The Hall–Kier alpha value is -1.91. The van der Waals surface area contributed by atoms with Gasteiger partial charge in [-0.25, -0.2) is 0 Å². The Labute approximate surface area is 86.2 Å². The van der Waals surface area contributed by atoms with Crippen molar-refractivity contribution in [3.8, 4) is 0 Å². The summed E-state index contributed by atoms with van der Waals surface area (Å²) in [7, 11) is 0. The molecule has 5 heteroatoms. The number of fused-ring (bicyclic) bond motifs is 1. The molecule has 1 atom stereocenters. The molecule has 0 spiro atoms. The lowest BCUT2D eigenvalue weighted by atomic mass is 9.91. The molecule has 1 aliphatic rings. The Morgan fingerprint density at radius 1 is 1.53 bits per heavy atom. The van der Waals surface area contributed by atoms with Crippen LogP contribution in [0.4, 0.5) is 5.69 Å². The van der Waals surface area contributed by atoms with Gasteiger partial charge in [-0.2, -0.15) is 0 Å². The monoisotopic (exact) mass is 206 g/mol. The zero-order valence-electron chi connectivity index (χ0n) is 8.19. The van der Waals surface area contributed by atoms with Crippen LogP contribution < -0.4 is 5.32 Å². The fraction of sp³-hybridized carbons (Fsp3) is 0.300. The normalized spacial score (nSPS) is 19.3. The van der Waals surface area contributed by atoms with Gasteiger partial charge in [0.25, 0.3) is 11.6 Å². The van der Waals surface area contributed by atoms with E-state index in [0.29, 0.717) is 12.1 Å². The van der Waals surface area contributed by atoms with Gasteiger partial charge in [0.1, 0.15) is 0 Å². The summed E-state index contributed by atoms with van der Waals surface area (Å²) in [5, 5.41) is 13.2. The van der Waals surface area contributed by atoms with Gasteiger partial charge >= 0.3 is 0 Å². The first kappa shape index (κ1) is 9.64. The summed E-state index contributed by atoms with van der Waals surface area (Å²) in [6.07, 6.45) is 0. The molecule has 5 nitrogen and oxygen atoms in total. The van der Waals surface area contributed by atoms with Crippen molar-refractivity contribution in [2.45, 2.75) is 12.8 Å². The summed E-state index contributed by atoms with van der Waals surface area (Å²) in [6.45, 7) is 2.56. The molecule has 0 bridgehead atoms. The third-order valence-corrected chi connectivity index (χ3v) is 2.59. The quantitative estimate of drug-likeness (QED) is 0.558. The number of carbonyl (C=O) groups excluding carboxylic acids is 1. The fourth-order valence-corrected chi connectivity index (χ4v) is 1.74. The summed E-state index contributed by atoms with van der Waals surface area (Å²) in [4.78, 5) is 21.5. The van der Waals surface area contributed by atoms with Crippen LogP contribution in [-0.4, -0.2) is 17.4 Å². The molecule has 0 fully saturated rings.